The van der Waals surface area contributed by atoms with Gasteiger partial charge in [0.25, 0.3) is 0 Å². The number of nitrogens with one attached hydrogen (secondary N) is 1. The summed E-state index contributed by atoms with van der Waals surface area (Å²) >= 11 is 3.17. The first-order valence-electron chi connectivity index (χ1n) is 5.10. The van der Waals surface area contributed by atoms with Gasteiger partial charge in [0.1, 0.15) is 13.2 Å². The van der Waals surface area contributed by atoms with Gasteiger partial charge in [-0.05, 0) is 29.0 Å². The van der Waals surface area contributed by atoms with Crippen molar-refractivity contribution in [3.05, 3.63) is 21.9 Å². The first-order valence-corrected chi connectivity index (χ1v) is 5.90. The molecule has 1 aromatic carbocycles. The number of Topliss-reactive ketones (excluding diaryl/α,β-unsaturated/α-hetero) is 1. The van der Waals surface area contributed by atoms with Gasteiger partial charge in [-0.2, -0.15) is 0 Å². The number of rotatable bonds is 3. The Morgan fingerprint density at radius 2 is 2.24 bits per heavy atom. The van der Waals surface area contributed by atoms with E-state index in [0.717, 1.165) is 0 Å². The second-order valence-corrected chi connectivity index (χ2v) is 4.38. The van der Waals surface area contributed by atoms with Crippen molar-refractivity contribution in [2.45, 2.75) is 0 Å². The molecule has 1 heterocycles. The highest BCUT2D eigenvalue weighted by Gasteiger charge is 2.25. The SMILES string of the molecule is CNCC(=O)c1c(Br)cc2c(c1F)OCCO2. The van der Waals surface area contributed by atoms with Crippen LogP contribution in [0.15, 0.2) is 10.5 Å². The van der Waals surface area contributed by atoms with E-state index in [0.29, 0.717) is 16.8 Å². The summed E-state index contributed by atoms with van der Waals surface area (Å²) in [5.41, 5.74) is -0.0106. The molecule has 2 rings (SSSR count). The number of ketones is 1. The van der Waals surface area contributed by atoms with E-state index in [2.05, 4.69) is 21.2 Å². The number of fused-ring (bicyclic) bond motifs is 1. The van der Waals surface area contributed by atoms with Crippen molar-refractivity contribution >= 4 is 21.7 Å². The fraction of sp³-hybridized carbons (Fsp3) is 0.364. The van der Waals surface area contributed by atoms with E-state index in [1.54, 1.807) is 13.1 Å². The van der Waals surface area contributed by atoms with Gasteiger partial charge < -0.3 is 14.8 Å². The van der Waals surface area contributed by atoms with Crippen molar-refractivity contribution in [1.82, 2.24) is 5.32 Å². The Bertz CT molecular complexity index is 465. The van der Waals surface area contributed by atoms with E-state index in [4.69, 9.17) is 9.47 Å². The summed E-state index contributed by atoms with van der Waals surface area (Å²) in [6.07, 6.45) is 0. The molecule has 1 aliphatic rings. The molecule has 0 bridgehead atoms. The average molecular weight is 304 g/mol. The lowest BCUT2D eigenvalue weighted by molar-refractivity contribution is 0.0985. The van der Waals surface area contributed by atoms with E-state index in [1.165, 1.54) is 0 Å². The molecule has 0 unspecified atom stereocenters. The first-order chi connectivity index (χ1) is 8.15. The highest BCUT2D eigenvalue weighted by Crippen LogP contribution is 2.38. The van der Waals surface area contributed by atoms with Gasteiger partial charge in [-0.25, -0.2) is 4.39 Å². The number of hydrogen-bond donors (Lipinski definition) is 1. The first kappa shape index (κ1) is 12.3. The molecule has 17 heavy (non-hydrogen) atoms. The standard InChI is InChI=1S/C11H11BrFNO3/c1-14-5-7(15)9-6(12)4-8-11(10(9)13)17-3-2-16-8/h4,14H,2-3,5H2,1H3. The smallest absolute Gasteiger partial charge is 0.198 e. The highest BCUT2D eigenvalue weighted by atomic mass is 79.9. The quantitative estimate of drug-likeness (QED) is 0.865. The molecule has 0 amide bonds. The lowest BCUT2D eigenvalue weighted by Gasteiger charge is -2.20. The molecular formula is C11H11BrFNO3. The van der Waals surface area contributed by atoms with Crippen LogP contribution in [0.3, 0.4) is 0 Å². The molecule has 1 aromatic rings. The minimum atomic E-state index is -0.672. The second kappa shape index (κ2) is 5.01. The number of ether oxygens (including phenoxy) is 2. The van der Waals surface area contributed by atoms with Gasteiger partial charge in [-0.1, -0.05) is 0 Å². The van der Waals surface area contributed by atoms with Crippen LogP contribution < -0.4 is 14.8 Å². The summed E-state index contributed by atoms with van der Waals surface area (Å²) in [7, 11) is 1.63. The largest absolute Gasteiger partial charge is 0.486 e. The molecule has 1 aliphatic heterocycles. The zero-order valence-corrected chi connectivity index (χ0v) is 10.8. The molecule has 0 saturated heterocycles. The maximum absolute atomic E-state index is 14.1. The van der Waals surface area contributed by atoms with Gasteiger partial charge in [0.2, 0.25) is 0 Å². The molecule has 0 saturated carbocycles. The van der Waals surface area contributed by atoms with E-state index in [9.17, 15) is 9.18 Å². The summed E-state index contributed by atoms with van der Waals surface area (Å²) in [6, 6.07) is 1.56. The average Bonchev–Trinajstić information content (AvgIpc) is 2.29. The number of benzene rings is 1. The van der Waals surface area contributed by atoms with Crippen LogP contribution >= 0.6 is 15.9 Å². The Balaban J connectivity index is 2.49. The van der Waals surface area contributed by atoms with Crippen molar-refractivity contribution in [2.24, 2.45) is 0 Å². The topological polar surface area (TPSA) is 47.6 Å². The molecule has 6 heteroatoms. The fourth-order valence-corrected chi connectivity index (χ4v) is 2.22. The Hall–Kier alpha value is -1.14. The van der Waals surface area contributed by atoms with E-state index in [-0.39, 0.29) is 30.2 Å². The van der Waals surface area contributed by atoms with Crippen LogP contribution in [-0.4, -0.2) is 32.6 Å². The zero-order valence-electron chi connectivity index (χ0n) is 9.18. The van der Waals surface area contributed by atoms with Crippen molar-refractivity contribution in [3.63, 3.8) is 0 Å². The molecule has 4 nitrogen and oxygen atoms in total. The predicted molar refractivity (Wildman–Crippen MR) is 63.3 cm³/mol. The summed E-state index contributed by atoms with van der Waals surface area (Å²) in [6.45, 7) is 0.725. The lowest BCUT2D eigenvalue weighted by atomic mass is 10.1. The van der Waals surface area contributed by atoms with Crippen molar-refractivity contribution < 1.29 is 18.7 Å². The van der Waals surface area contributed by atoms with Crippen molar-refractivity contribution in [1.29, 1.82) is 0 Å². The van der Waals surface area contributed by atoms with Gasteiger partial charge in [0.05, 0.1) is 12.1 Å². The van der Waals surface area contributed by atoms with Gasteiger partial charge >= 0.3 is 0 Å². The third kappa shape index (κ3) is 2.28. The molecule has 0 fully saturated rings. The Morgan fingerprint density at radius 3 is 2.94 bits per heavy atom. The minimum absolute atomic E-state index is 0.0106. The molecular weight excluding hydrogens is 293 g/mol. The van der Waals surface area contributed by atoms with Gasteiger partial charge in [-0.3, -0.25) is 4.79 Å². The van der Waals surface area contributed by atoms with Crippen LogP contribution in [0, 0.1) is 5.82 Å². The van der Waals surface area contributed by atoms with Crippen molar-refractivity contribution in [3.8, 4) is 11.5 Å². The summed E-state index contributed by atoms with van der Waals surface area (Å²) < 4.78 is 24.9. The highest BCUT2D eigenvalue weighted by molar-refractivity contribution is 9.10. The summed E-state index contributed by atoms with van der Waals surface area (Å²) in [4.78, 5) is 11.7. The van der Waals surface area contributed by atoms with E-state index >= 15 is 0 Å². The second-order valence-electron chi connectivity index (χ2n) is 3.53. The Morgan fingerprint density at radius 1 is 1.53 bits per heavy atom. The summed E-state index contributed by atoms with van der Waals surface area (Å²) in [5.74, 6) is -0.677. The predicted octanol–water partition coefficient (Wildman–Crippen LogP) is 1.76. The van der Waals surface area contributed by atoms with Crippen LogP contribution in [0.5, 0.6) is 11.5 Å². The van der Waals surface area contributed by atoms with Crippen LogP contribution in [0.25, 0.3) is 0 Å². The molecule has 0 spiro atoms. The van der Waals surface area contributed by atoms with E-state index in [1.807, 2.05) is 0 Å². The number of hydrogen-bond acceptors (Lipinski definition) is 4. The molecule has 0 aliphatic carbocycles. The third-order valence-electron chi connectivity index (χ3n) is 2.34. The van der Waals surface area contributed by atoms with Crippen LogP contribution in [-0.2, 0) is 0 Å². The van der Waals surface area contributed by atoms with Crippen LogP contribution in [0.2, 0.25) is 0 Å². The maximum atomic E-state index is 14.1. The number of likely N-dealkylation sites (N-methyl/N-ethyl adjacent to an activating group) is 1. The maximum Gasteiger partial charge on any atom is 0.198 e. The summed E-state index contributed by atoms with van der Waals surface area (Å²) in [5, 5.41) is 2.69. The Labute approximate surface area is 106 Å². The van der Waals surface area contributed by atoms with Crippen molar-refractivity contribution in [2.75, 3.05) is 26.8 Å². The Kier molecular flexibility index (Phi) is 3.63. The van der Waals surface area contributed by atoms with Crippen LogP contribution in [0.4, 0.5) is 4.39 Å². The number of carbonyl (C=O) groups excluding carboxylic acids is 1. The van der Waals surface area contributed by atoms with Gasteiger partial charge in [0, 0.05) is 4.47 Å². The lowest BCUT2D eigenvalue weighted by Crippen LogP contribution is -2.22. The van der Waals surface area contributed by atoms with Crippen LogP contribution in [0.1, 0.15) is 10.4 Å². The molecule has 0 atom stereocenters. The molecule has 0 radical (unpaired) electrons. The fourth-order valence-electron chi connectivity index (χ4n) is 1.62. The van der Waals surface area contributed by atoms with Gasteiger partial charge in [-0.15, -0.1) is 0 Å². The normalized spacial score (nSPS) is 13.6. The van der Waals surface area contributed by atoms with E-state index < -0.39 is 5.82 Å². The number of halogens is 2. The zero-order chi connectivity index (χ0) is 12.4. The minimum Gasteiger partial charge on any atom is -0.486 e. The monoisotopic (exact) mass is 303 g/mol. The van der Waals surface area contributed by atoms with Gasteiger partial charge in [0.15, 0.2) is 23.1 Å². The molecule has 92 valence electrons. The number of carbonyl (C=O) groups is 1. The third-order valence-corrected chi connectivity index (χ3v) is 2.97. The molecule has 1 N–H and O–H groups in total. The molecule has 0 aromatic heterocycles.